The summed E-state index contributed by atoms with van der Waals surface area (Å²) >= 11 is 0. The second-order valence-corrected chi connectivity index (χ2v) is 18.6. The van der Waals surface area contributed by atoms with Crippen LogP contribution in [0.25, 0.3) is 16.8 Å². The Bertz CT molecular complexity index is 2050. The van der Waals surface area contributed by atoms with Gasteiger partial charge in [0.05, 0.1) is 11.4 Å². The first-order chi connectivity index (χ1) is 22.4. The summed E-state index contributed by atoms with van der Waals surface area (Å²) in [5.41, 5.74) is 8.48. The quantitative estimate of drug-likeness (QED) is 0.183. The number of rotatable bonds is 5. The Hall–Kier alpha value is -4.74. The molecule has 2 aromatic heterocycles. The van der Waals surface area contributed by atoms with Gasteiger partial charge in [-0.05, 0) is 105 Å². The van der Waals surface area contributed by atoms with Crippen LogP contribution in [0.2, 0.25) is 0 Å². The van der Waals surface area contributed by atoms with E-state index in [2.05, 4.69) is 145 Å². The van der Waals surface area contributed by atoms with Gasteiger partial charge in [0.15, 0.2) is 0 Å². The number of hydrogen-bond acceptors (Lipinski definition) is 3. The van der Waals surface area contributed by atoms with E-state index in [4.69, 9.17) is 9.72 Å². The maximum atomic E-state index is 6.63. The molecule has 0 fully saturated rings. The minimum Gasteiger partial charge on any atom is -0.457 e. The number of benzene rings is 4. The number of fused-ring (bicyclic) bond motifs is 3. The fourth-order valence-electron chi connectivity index (χ4n) is 7.08. The Kier molecular flexibility index (Phi) is 7.36. The van der Waals surface area contributed by atoms with Gasteiger partial charge in [0.25, 0.3) is 0 Å². The van der Waals surface area contributed by atoms with Crippen LogP contribution in [0.3, 0.4) is 0 Å². The topological polar surface area (TPSA) is 39.9 Å². The normalized spacial score (nSPS) is 13.7. The van der Waals surface area contributed by atoms with E-state index in [9.17, 15) is 0 Å². The molecule has 236 valence electrons. The predicted octanol–water partition coefficient (Wildman–Crippen LogP) is 7.63. The molecule has 0 amide bonds. The Morgan fingerprint density at radius 1 is 0.617 bits per heavy atom. The molecule has 5 heteroatoms. The van der Waals surface area contributed by atoms with Gasteiger partial charge in [0, 0.05) is 23.3 Å². The highest BCUT2D eigenvalue weighted by molar-refractivity contribution is 7.21. The second-order valence-electron chi connectivity index (χ2n) is 15.0. The minimum absolute atomic E-state index is 0.0321. The molecule has 3 heterocycles. The van der Waals surface area contributed by atoms with Crippen LogP contribution in [-0.2, 0) is 10.8 Å². The maximum Gasteiger partial charge on any atom is 0.203 e. The molecular formula is C42H43N3OSi. The fraction of sp³-hybridized carbons (Fsp3) is 0.238. The first kappa shape index (κ1) is 30.9. The summed E-state index contributed by atoms with van der Waals surface area (Å²) in [5.74, 6) is 1.58. The van der Waals surface area contributed by atoms with E-state index >= 15 is 0 Å². The van der Waals surface area contributed by atoms with Gasteiger partial charge in [-0.15, -0.1) is 0 Å². The van der Waals surface area contributed by atoms with Crippen molar-refractivity contribution >= 4 is 29.0 Å². The maximum absolute atomic E-state index is 6.63. The molecule has 47 heavy (non-hydrogen) atoms. The van der Waals surface area contributed by atoms with Crippen LogP contribution in [0, 0.1) is 13.8 Å². The van der Waals surface area contributed by atoms with E-state index in [1.54, 1.807) is 0 Å². The number of ether oxygens (including phenoxy) is 1. The highest BCUT2D eigenvalue weighted by Gasteiger charge is 2.50. The molecule has 0 unspecified atom stereocenters. The fourth-order valence-corrected chi connectivity index (χ4v) is 12.1. The largest absolute Gasteiger partial charge is 0.457 e. The van der Waals surface area contributed by atoms with Gasteiger partial charge >= 0.3 is 0 Å². The average Bonchev–Trinajstić information content (AvgIpc) is 3.54. The van der Waals surface area contributed by atoms with Crippen LogP contribution in [0.5, 0.6) is 11.5 Å². The molecule has 0 atom stereocenters. The van der Waals surface area contributed by atoms with E-state index in [1.807, 2.05) is 36.0 Å². The molecule has 0 N–H and O–H groups in total. The highest BCUT2D eigenvalue weighted by atomic mass is 28.3. The molecule has 0 spiro atoms. The average molecular weight is 634 g/mol. The molecule has 4 nitrogen and oxygen atoms in total. The summed E-state index contributed by atoms with van der Waals surface area (Å²) < 4.78 is 8.60. The lowest BCUT2D eigenvalue weighted by Gasteiger charge is -2.31. The van der Waals surface area contributed by atoms with Crippen molar-refractivity contribution < 1.29 is 4.74 Å². The van der Waals surface area contributed by atoms with E-state index in [-0.39, 0.29) is 10.8 Å². The van der Waals surface area contributed by atoms with Crippen LogP contribution >= 0.6 is 0 Å². The zero-order valence-corrected chi connectivity index (χ0v) is 29.7. The van der Waals surface area contributed by atoms with Gasteiger partial charge in [-0.25, -0.2) is 4.68 Å². The zero-order valence-electron chi connectivity index (χ0n) is 28.7. The predicted molar refractivity (Wildman–Crippen MR) is 197 cm³/mol. The summed E-state index contributed by atoms with van der Waals surface area (Å²) in [6.45, 7) is 17.9. The van der Waals surface area contributed by atoms with Crippen LogP contribution in [0.4, 0.5) is 0 Å². The summed E-state index contributed by atoms with van der Waals surface area (Å²) in [7, 11) is -2.81. The van der Waals surface area contributed by atoms with E-state index in [0.29, 0.717) is 0 Å². The summed E-state index contributed by atoms with van der Waals surface area (Å²) in [6, 6.07) is 39.7. The smallest absolute Gasteiger partial charge is 0.203 e. The lowest BCUT2D eigenvalue weighted by molar-refractivity contribution is 0.482. The van der Waals surface area contributed by atoms with Gasteiger partial charge in [-0.1, -0.05) is 102 Å². The molecule has 6 aromatic rings. The van der Waals surface area contributed by atoms with Crippen molar-refractivity contribution in [3.8, 4) is 28.3 Å². The van der Waals surface area contributed by atoms with Crippen molar-refractivity contribution in [1.29, 1.82) is 0 Å². The summed E-state index contributed by atoms with van der Waals surface area (Å²) in [6.07, 6.45) is 1.94. The minimum atomic E-state index is -2.81. The lowest BCUT2D eigenvalue weighted by atomic mass is 9.83. The van der Waals surface area contributed by atoms with E-state index < -0.39 is 8.07 Å². The molecule has 1 aliphatic heterocycles. The number of pyridine rings is 1. The molecule has 0 saturated heterocycles. The molecular weight excluding hydrogens is 591 g/mol. The number of aryl methyl sites for hydroxylation is 2. The van der Waals surface area contributed by atoms with Gasteiger partial charge in [0.1, 0.15) is 11.5 Å². The van der Waals surface area contributed by atoms with Crippen molar-refractivity contribution in [3.63, 3.8) is 0 Å². The van der Waals surface area contributed by atoms with E-state index in [1.165, 1.54) is 37.8 Å². The van der Waals surface area contributed by atoms with E-state index in [0.717, 1.165) is 33.9 Å². The van der Waals surface area contributed by atoms with Crippen molar-refractivity contribution in [2.24, 2.45) is 0 Å². The number of nitrogens with zero attached hydrogens (tertiary/aromatic N) is 3. The molecule has 0 aliphatic carbocycles. The third-order valence-corrected chi connectivity index (χ3v) is 14.2. The van der Waals surface area contributed by atoms with Crippen molar-refractivity contribution in [1.82, 2.24) is 14.8 Å². The van der Waals surface area contributed by atoms with Gasteiger partial charge in [-0.2, -0.15) is 5.10 Å². The third-order valence-electron chi connectivity index (χ3n) is 9.49. The molecule has 0 radical (unpaired) electrons. The highest BCUT2D eigenvalue weighted by Crippen LogP contribution is 2.36. The molecule has 7 rings (SSSR count). The standard InChI is InChI=1S/C42H43N3OSi/c1-28-23-29(2)45(44-28)32-13-11-14-33(26-32)46-34-15-12-16-35(27-34)47(40-17-9-10-22-43-40)38-20-18-30(41(3,4)5)24-36(38)37-25-31(42(6,7)8)19-21-39(37)47/h9-27H,1-8H3. The van der Waals surface area contributed by atoms with Gasteiger partial charge < -0.3 is 4.74 Å². The second kappa shape index (κ2) is 11.2. The summed E-state index contributed by atoms with van der Waals surface area (Å²) in [5, 5.41) is 9.84. The third kappa shape index (κ3) is 5.33. The van der Waals surface area contributed by atoms with Crippen molar-refractivity contribution in [2.45, 2.75) is 66.2 Å². The van der Waals surface area contributed by atoms with Crippen LogP contribution in [-0.4, -0.2) is 22.8 Å². The molecule has 0 bridgehead atoms. The van der Waals surface area contributed by atoms with Gasteiger partial charge in [0.2, 0.25) is 8.07 Å². The Morgan fingerprint density at radius 2 is 1.23 bits per heavy atom. The SMILES string of the molecule is Cc1cc(C)n(-c2cccc(Oc3cccc([Si]4(c5ccccn5)c5ccc(C(C)(C)C)cc5-c5cc(C(C)(C)C)ccc54)c3)c2)n1. The van der Waals surface area contributed by atoms with Crippen LogP contribution in [0.15, 0.2) is 115 Å². The Labute approximate surface area is 280 Å². The van der Waals surface area contributed by atoms with Crippen molar-refractivity contribution in [3.05, 3.63) is 138 Å². The lowest BCUT2D eigenvalue weighted by Crippen LogP contribution is -2.73. The molecule has 0 saturated carbocycles. The van der Waals surface area contributed by atoms with Gasteiger partial charge in [-0.3, -0.25) is 4.98 Å². The number of aromatic nitrogens is 3. The van der Waals surface area contributed by atoms with Crippen LogP contribution < -0.4 is 25.6 Å². The Morgan fingerprint density at radius 3 is 1.79 bits per heavy atom. The first-order valence-corrected chi connectivity index (χ1v) is 18.5. The summed E-state index contributed by atoms with van der Waals surface area (Å²) in [4.78, 5) is 5.13. The van der Waals surface area contributed by atoms with Crippen molar-refractivity contribution in [2.75, 3.05) is 0 Å². The monoisotopic (exact) mass is 633 g/mol. The number of hydrogen-bond donors (Lipinski definition) is 0. The molecule has 4 aromatic carbocycles. The molecule has 1 aliphatic rings. The first-order valence-electron chi connectivity index (χ1n) is 16.5. The van der Waals surface area contributed by atoms with Crippen LogP contribution in [0.1, 0.15) is 64.1 Å². The Balaban J connectivity index is 1.43. The zero-order chi connectivity index (χ0) is 33.1.